The van der Waals surface area contributed by atoms with E-state index in [1.54, 1.807) is 18.2 Å². The summed E-state index contributed by atoms with van der Waals surface area (Å²) in [5.41, 5.74) is 2.77. The van der Waals surface area contributed by atoms with Crippen LogP contribution in [0.1, 0.15) is 11.1 Å². The van der Waals surface area contributed by atoms with Gasteiger partial charge in [0.05, 0.1) is 0 Å². The molecule has 2 aromatic rings. The van der Waals surface area contributed by atoms with E-state index in [2.05, 4.69) is 5.32 Å². The molecule has 0 spiro atoms. The number of amides is 1. The molecule has 0 unspecified atom stereocenters. The van der Waals surface area contributed by atoms with Gasteiger partial charge in [0.1, 0.15) is 5.75 Å². The van der Waals surface area contributed by atoms with Gasteiger partial charge in [-0.3, -0.25) is 4.79 Å². The van der Waals surface area contributed by atoms with Gasteiger partial charge in [-0.05, 0) is 55.3 Å². The number of hydrogen-bond acceptors (Lipinski definition) is 2. The average Bonchev–Trinajstić information content (AvgIpc) is 2.37. The molecule has 0 atom stereocenters. The summed E-state index contributed by atoms with van der Waals surface area (Å²) in [6, 6.07) is 12.9. The molecular weight excluding hydrogens is 274 g/mol. The molecule has 0 radical (unpaired) electrons. The maximum atomic E-state index is 11.8. The van der Waals surface area contributed by atoms with Crippen LogP contribution in [0.25, 0.3) is 0 Å². The van der Waals surface area contributed by atoms with Gasteiger partial charge < -0.3 is 10.1 Å². The summed E-state index contributed by atoms with van der Waals surface area (Å²) in [5.74, 6) is 0.471. The van der Waals surface area contributed by atoms with Crippen molar-refractivity contribution >= 4 is 23.2 Å². The Bertz CT molecular complexity index is 626. The average molecular weight is 290 g/mol. The Hall–Kier alpha value is -2.00. The predicted molar refractivity (Wildman–Crippen MR) is 81.5 cm³/mol. The fourth-order valence-corrected chi connectivity index (χ4v) is 2.06. The first-order valence-corrected chi connectivity index (χ1v) is 6.68. The van der Waals surface area contributed by atoms with Gasteiger partial charge in [0.2, 0.25) is 0 Å². The highest BCUT2D eigenvalue weighted by Gasteiger charge is 2.06. The van der Waals surface area contributed by atoms with E-state index in [0.717, 1.165) is 16.8 Å². The first-order chi connectivity index (χ1) is 9.54. The number of carbonyl (C=O) groups is 1. The first kappa shape index (κ1) is 14.4. The molecule has 0 bridgehead atoms. The zero-order valence-corrected chi connectivity index (χ0v) is 12.2. The highest BCUT2D eigenvalue weighted by atomic mass is 35.5. The topological polar surface area (TPSA) is 38.3 Å². The zero-order chi connectivity index (χ0) is 14.5. The van der Waals surface area contributed by atoms with Crippen LogP contribution in [0.4, 0.5) is 5.69 Å². The molecule has 1 N–H and O–H groups in total. The standard InChI is InChI=1S/C16H16ClNO2/c1-11-4-3-5-14(8-11)18-16(19)10-20-15-7-6-13(17)9-12(15)2/h3-9H,10H2,1-2H3,(H,18,19). The van der Waals surface area contributed by atoms with Crippen molar-refractivity contribution < 1.29 is 9.53 Å². The van der Waals surface area contributed by atoms with Crippen LogP contribution >= 0.6 is 11.6 Å². The summed E-state index contributed by atoms with van der Waals surface area (Å²) in [7, 11) is 0. The smallest absolute Gasteiger partial charge is 0.262 e. The predicted octanol–water partition coefficient (Wildman–Crippen LogP) is 3.97. The van der Waals surface area contributed by atoms with E-state index < -0.39 is 0 Å². The Balaban J connectivity index is 1.92. The van der Waals surface area contributed by atoms with E-state index in [1.165, 1.54) is 0 Å². The molecule has 2 aromatic carbocycles. The van der Waals surface area contributed by atoms with Crippen LogP contribution in [0.2, 0.25) is 5.02 Å². The second-order valence-electron chi connectivity index (χ2n) is 4.62. The highest BCUT2D eigenvalue weighted by molar-refractivity contribution is 6.30. The number of carbonyl (C=O) groups excluding carboxylic acids is 1. The minimum Gasteiger partial charge on any atom is -0.483 e. The number of ether oxygens (including phenoxy) is 1. The summed E-state index contributed by atoms with van der Waals surface area (Å²) in [5, 5.41) is 3.45. The van der Waals surface area contributed by atoms with Crippen LogP contribution in [-0.2, 0) is 4.79 Å². The van der Waals surface area contributed by atoms with E-state index in [0.29, 0.717) is 10.8 Å². The Labute approximate surface area is 123 Å². The van der Waals surface area contributed by atoms with Gasteiger partial charge in [-0.25, -0.2) is 0 Å². The lowest BCUT2D eigenvalue weighted by atomic mass is 10.2. The molecule has 3 nitrogen and oxygen atoms in total. The van der Waals surface area contributed by atoms with Crippen LogP contribution in [0.5, 0.6) is 5.75 Å². The van der Waals surface area contributed by atoms with Crippen molar-refractivity contribution in [2.45, 2.75) is 13.8 Å². The summed E-state index contributed by atoms with van der Waals surface area (Å²) in [6.07, 6.45) is 0. The summed E-state index contributed by atoms with van der Waals surface area (Å²) in [4.78, 5) is 11.8. The molecule has 104 valence electrons. The van der Waals surface area contributed by atoms with E-state index in [4.69, 9.17) is 16.3 Å². The molecule has 0 aromatic heterocycles. The maximum absolute atomic E-state index is 11.8. The molecular formula is C16H16ClNO2. The molecule has 1 amide bonds. The summed E-state index contributed by atoms with van der Waals surface area (Å²) >= 11 is 5.87. The van der Waals surface area contributed by atoms with Gasteiger partial charge in [-0.15, -0.1) is 0 Å². The van der Waals surface area contributed by atoms with Crippen molar-refractivity contribution in [3.63, 3.8) is 0 Å². The molecule has 0 fully saturated rings. The van der Waals surface area contributed by atoms with E-state index in [9.17, 15) is 4.79 Å². The first-order valence-electron chi connectivity index (χ1n) is 6.30. The largest absolute Gasteiger partial charge is 0.483 e. The van der Waals surface area contributed by atoms with Crippen LogP contribution in [-0.4, -0.2) is 12.5 Å². The Morgan fingerprint density at radius 3 is 2.70 bits per heavy atom. The third-order valence-electron chi connectivity index (χ3n) is 2.80. The van der Waals surface area contributed by atoms with E-state index in [-0.39, 0.29) is 12.5 Å². The quantitative estimate of drug-likeness (QED) is 0.925. The van der Waals surface area contributed by atoms with Gasteiger partial charge in [0, 0.05) is 10.7 Å². The Morgan fingerprint density at radius 2 is 2.00 bits per heavy atom. The fourth-order valence-electron chi connectivity index (χ4n) is 1.84. The molecule has 4 heteroatoms. The number of anilines is 1. The number of rotatable bonds is 4. The van der Waals surface area contributed by atoms with E-state index >= 15 is 0 Å². The molecule has 20 heavy (non-hydrogen) atoms. The second-order valence-corrected chi connectivity index (χ2v) is 5.05. The Morgan fingerprint density at radius 1 is 1.20 bits per heavy atom. The van der Waals surface area contributed by atoms with Gasteiger partial charge >= 0.3 is 0 Å². The van der Waals surface area contributed by atoms with Crippen molar-refractivity contribution in [2.24, 2.45) is 0 Å². The Kier molecular flexibility index (Phi) is 4.64. The highest BCUT2D eigenvalue weighted by Crippen LogP contribution is 2.21. The fraction of sp³-hybridized carbons (Fsp3) is 0.188. The van der Waals surface area contributed by atoms with Crippen molar-refractivity contribution in [3.8, 4) is 5.75 Å². The van der Waals surface area contributed by atoms with Crippen LogP contribution < -0.4 is 10.1 Å². The lowest BCUT2D eigenvalue weighted by molar-refractivity contribution is -0.118. The third-order valence-corrected chi connectivity index (χ3v) is 3.03. The van der Waals surface area contributed by atoms with Gasteiger partial charge in [0.15, 0.2) is 6.61 Å². The maximum Gasteiger partial charge on any atom is 0.262 e. The van der Waals surface area contributed by atoms with Crippen molar-refractivity contribution in [1.82, 2.24) is 0 Å². The van der Waals surface area contributed by atoms with Crippen LogP contribution in [0.3, 0.4) is 0 Å². The van der Waals surface area contributed by atoms with Crippen LogP contribution in [0, 0.1) is 13.8 Å². The molecule has 2 rings (SSSR count). The molecule has 0 aliphatic carbocycles. The van der Waals surface area contributed by atoms with E-state index in [1.807, 2.05) is 38.1 Å². The lowest BCUT2D eigenvalue weighted by Crippen LogP contribution is -2.20. The normalized spacial score (nSPS) is 10.2. The zero-order valence-electron chi connectivity index (χ0n) is 11.4. The molecule has 0 saturated carbocycles. The van der Waals surface area contributed by atoms with Crippen molar-refractivity contribution in [3.05, 3.63) is 58.6 Å². The molecule has 0 saturated heterocycles. The van der Waals surface area contributed by atoms with Crippen molar-refractivity contribution in [1.29, 1.82) is 0 Å². The number of benzene rings is 2. The SMILES string of the molecule is Cc1cccc(NC(=O)COc2ccc(Cl)cc2C)c1. The van der Waals surface area contributed by atoms with Gasteiger partial charge in [-0.2, -0.15) is 0 Å². The number of hydrogen-bond donors (Lipinski definition) is 1. The minimum absolute atomic E-state index is 0.0313. The van der Waals surface area contributed by atoms with Crippen LogP contribution in [0.15, 0.2) is 42.5 Å². The number of halogens is 1. The second kappa shape index (κ2) is 6.44. The summed E-state index contributed by atoms with van der Waals surface area (Å²) in [6.45, 7) is 3.83. The molecule has 0 aliphatic heterocycles. The van der Waals surface area contributed by atoms with Crippen molar-refractivity contribution in [2.75, 3.05) is 11.9 Å². The number of nitrogens with one attached hydrogen (secondary N) is 1. The molecule has 0 heterocycles. The van der Waals surface area contributed by atoms with Gasteiger partial charge in [-0.1, -0.05) is 23.7 Å². The number of aryl methyl sites for hydroxylation is 2. The monoisotopic (exact) mass is 289 g/mol. The summed E-state index contributed by atoms with van der Waals surface area (Å²) < 4.78 is 5.49. The minimum atomic E-state index is -0.190. The van der Waals surface area contributed by atoms with Gasteiger partial charge in [0.25, 0.3) is 5.91 Å². The molecule has 0 aliphatic rings. The lowest BCUT2D eigenvalue weighted by Gasteiger charge is -2.10. The third kappa shape index (κ3) is 4.00.